The quantitative estimate of drug-likeness (QED) is 0.619. The van der Waals surface area contributed by atoms with Crippen molar-refractivity contribution in [3.63, 3.8) is 0 Å². The van der Waals surface area contributed by atoms with E-state index in [9.17, 15) is 9.59 Å². The summed E-state index contributed by atoms with van der Waals surface area (Å²) in [6.07, 6.45) is -0.00237. The molecular formula is C13H25NO4. The van der Waals surface area contributed by atoms with E-state index in [1.165, 1.54) is 4.90 Å². The van der Waals surface area contributed by atoms with Crippen LogP contribution in [-0.4, -0.2) is 49.2 Å². The van der Waals surface area contributed by atoms with Gasteiger partial charge >= 0.3 is 5.97 Å². The Morgan fingerprint density at radius 1 is 1.17 bits per heavy atom. The largest absolute Gasteiger partial charge is 0.465 e. The fourth-order valence-corrected chi connectivity index (χ4v) is 1.39. The maximum atomic E-state index is 11.9. The molecule has 0 rings (SSSR count). The molecule has 106 valence electrons. The van der Waals surface area contributed by atoms with E-state index in [-0.39, 0.29) is 31.1 Å². The van der Waals surface area contributed by atoms with E-state index in [4.69, 9.17) is 9.47 Å². The summed E-state index contributed by atoms with van der Waals surface area (Å²) in [5.74, 6) is -0.260. The van der Waals surface area contributed by atoms with Gasteiger partial charge in [-0.05, 0) is 26.7 Å². The van der Waals surface area contributed by atoms with Crippen molar-refractivity contribution < 1.29 is 19.1 Å². The number of rotatable bonds is 8. The molecule has 0 bridgehead atoms. The SMILES string of the molecule is CCOC(=O)CN(CC(C)C)C(=O)COC(C)C. The van der Waals surface area contributed by atoms with Crippen molar-refractivity contribution in [2.75, 3.05) is 26.3 Å². The molecule has 0 saturated heterocycles. The van der Waals surface area contributed by atoms with Gasteiger partial charge in [-0.1, -0.05) is 13.8 Å². The van der Waals surface area contributed by atoms with E-state index in [2.05, 4.69) is 0 Å². The standard InChI is InChI=1S/C13H25NO4/c1-6-17-13(16)8-14(7-10(2)3)12(15)9-18-11(4)5/h10-11H,6-9H2,1-5H3. The Balaban J connectivity index is 4.37. The summed E-state index contributed by atoms with van der Waals surface area (Å²) < 4.78 is 10.1. The van der Waals surface area contributed by atoms with Crippen LogP contribution in [0.2, 0.25) is 0 Å². The minimum absolute atomic E-state index is 0.00237. The summed E-state index contributed by atoms with van der Waals surface area (Å²) in [4.78, 5) is 24.8. The third-order valence-electron chi connectivity index (χ3n) is 2.10. The van der Waals surface area contributed by atoms with E-state index >= 15 is 0 Å². The maximum Gasteiger partial charge on any atom is 0.325 e. The zero-order chi connectivity index (χ0) is 14.1. The lowest BCUT2D eigenvalue weighted by atomic mass is 10.2. The summed E-state index contributed by atoms with van der Waals surface area (Å²) >= 11 is 0. The van der Waals surface area contributed by atoms with Crippen molar-refractivity contribution in [1.82, 2.24) is 4.90 Å². The molecule has 0 aliphatic rings. The van der Waals surface area contributed by atoms with Crippen LogP contribution in [0.5, 0.6) is 0 Å². The highest BCUT2D eigenvalue weighted by Gasteiger charge is 2.19. The zero-order valence-electron chi connectivity index (χ0n) is 12.1. The van der Waals surface area contributed by atoms with Crippen LogP contribution < -0.4 is 0 Å². The summed E-state index contributed by atoms with van der Waals surface area (Å²) in [5, 5.41) is 0. The normalized spacial score (nSPS) is 10.8. The second-order valence-electron chi connectivity index (χ2n) is 4.83. The molecule has 0 aliphatic carbocycles. The zero-order valence-corrected chi connectivity index (χ0v) is 12.1. The van der Waals surface area contributed by atoms with Gasteiger partial charge in [-0.25, -0.2) is 0 Å². The minimum atomic E-state index is -0.379. The second kappa shape index (κ2) is 8.91. The first-order chi connectivity index (χ1) is 8.36. The predicted octanol–water partition coefficient (Wildman–Crippen LogP) is 1.46. The first kappa shape index (κ1) is 16.9. The molecule has 0 radical (unpaired) electrons. The highest BCUT2D eigenvalue weighted by atomic mass is 16.5. The van der Waals surface area contributed by atoms with Crippen LogP contribution in [0.15, 0.2) is 0 Å². The molecular weight excluding hydrogens is 234 g/mol. The molecule has 0 aromatic rings. The fraction of sp³-hybridized carbons (Fsp3) is 0.846. The minimum Gasteiger partial charge on any atom is -0.465 e. The third kappa shape index (κ3) is 8.06. The molecule has 5 nitrogen and oxygen atoms in total. The second-order valence-corrected chi connectivity index (χ2v) is 4.83. The molecule has 0 spiro atoms. The van der Waals surface area contributed by atoms with Gasteiger partial charge in [0.15, 0.2) is 0 Å². The van der Waals surface area contributed by atoms with Crippen molar-refractivity contribution >= 4 is 11.9 Å². The Kier molecular flexibility index (Phi) is 8.37. The molecule has 0 atom stereocenters. The van der Waals surface area contributed by atoms with E-state index in [1.807, 2.05) is 27.7 Å². The lowest BCUT2D eigenvalue weighted by molar-refractivity contribution is -0.151. The average Bonchev–Trinajstić information content (AvgIpc) is 2.24. The number of ether oxygens (including phenoxy) is 2. The number of carbonyl (C=O) groups excluding carboxylic acids is 2. The monoisotopic (exact) mass is 259 g/mol. The van der Waals surface area contributed by atoms with Crippen LogP contribution in [0.1, 0.15) is 34.6 Å². The van der Waals surface area contributed by atoms with E-state index in [0.29, 0.717) is 19.1 Å². The smallest absolute Gasteiger partial charge is 0.325 e. The van der Waals surface area contributed by atoms with E-state index in [0.717, 1.165) is 0 Å². The molecule has 0 heterocycles. The number of hydrogen-bond acceptors (Lipinski definition) is 4. The molecule has 0 aromatic heterocycles. The summed E-state index contributed by atoms with van der Waals surface area (Å²) in [7, 11) is 0. The van der Waals surface area contributed by atoms with Gasteiger partial charge in [0.1, 0.15) is 13.2 Å². The van der Waals surface area contributed by atoms with Gasteiger partial charge < -0.3 is 14.4 Å². The van der Waals surface area contributed by atoms with Crippen molar-refractivity contribution in [3.05, 3.63) is 0 Å². The number of esters is 1. The summed E-state index contributed by atoms with van der Waals surface area (Å²) in [6.45, 7) is 10.3. The molecule has 1 amide bonds. The highest BCUT2D eigenvalue weighted by molar-refractivity contribution is 5.82. The molecule has 5 heteroatoms. The Morgan fingerprint density at radius 2 is 1.78 bits per heavy atom. The summed E-state index contributed by atoms with van der Waals surface area (Å²) in [5.41, 5.74) is 0. The van der Waals surface area contributed by atoms with Gasteiger partial charge in [-0.3, -0.25) is 9.59 Å². The van der Waals surface area contributed by atoms with E-state index in [1.54, 1.807) is 6.92 Å². The van der Waals surface area contributed by atoms with Gasteiger partial charge in [0.05, 0.1) is 12.7 Å². The van der Waals surface area contributed by atoms with E-state index < -0.39 is 0 Å². The maximum absolute atomic E-state index is 11.9. The molecule has 0 unspecified atom stereocenters. The Hall–Kier alpha value is -1.10. The first-order valence-electron chi connectivity index (χ1n) is 6.41. The first-order valence-corrected chi connectivity index (χ1v) is 6.41. The van der Waals surface area contributed by atoms with Crippen molar-refractivity contribution in [3.8, 4) is 0 Å². The average molecular weight is 259 g/mol. The Labute approximate surface area is 109 Å². The summed E-state index contributed by atoms with van der Waals surface area (Å²) in [6, 6.07) is 0. The molecule has 0 saturated carbocycles. The lowest BCUT2D eigenvalue weighted by Gasteiger charge is -2.24. The van der Waals surface area contributed by atoms with Crippen LogP contribution in [-0.2, 0) is 19.1 Å². The van der Waals surface area contributed by atoms with Crippen molar-refractivity contribution in [1.29, 1.82) is 0 Å². The Bertz CT molecular complexity index is 264. The number of nitrogens with zero attached hydrogens (tertiary/aromatic N) is 1. The van der Waals surface area contributed by atoms with Crippen LogP contribution in [0, 0.1) is 5.92 Å². The molecule has 0 aromatic carbocycles. The highest BCUT2D eigenvalue weighted by Crippen LogP contribution is 2.01. The van der Waals surface area contributed by atoms with Gasteiger partial charge in [-0.2, -0.15) is 0 Å². The lowest BCUT2D eigenvalue weighted by Crippen LogP contribution is -2.41. The van der Waals surface area contributed by atoms with Crippen molar-refractivity contribution in [2.24, 2.45) is 5.92 Å². The predicted molar refractivity (Wildman–Crippen MR) is 69.1 cm³/mol. The van der Waals surface area contributed by atoms with Crippen molar-refractivity contribution in [2.45, 2.75) is 40.7 Å². The number of carbonyl (C=O) groups is 2. The van der Waals surface area contributed by atoms with Gasteiger partial charge in [0.2, 0.25) is 5.91 Å². The van der Waals surface area contributed by atoms with Crippen LogP contribution in [0.4, 0.5) is 0 Å². The van der Waals surface area contributed by atoms with Gasteiger partial charge in [0, 0.05) is 6.54 Å². The fourth-order valence-electron chi connectivity index (χ4n) is 1.39. The third-order valence-corrected chi connectivity index (χ3v) is 2.10. The molecule has 0 fully saturated rings. The van der Waals surface area contributed by atoms with Gasteiger partial charge in [0.25, 0.3) is 0 Å². The van der Waals surface area contributed by atoms with Crippen LogP contribution >= 0.6 is 0 Å². The molecule has 0 aliphatic heterocycles. The number of amides is 1. The van der Waals surface area contributed by atoms with Crippen LogP contribution in [0.3, 0.4) is 0 Å². The Morgan fingerprint density at radius 3 is 2.22 bits per heavy atom. The van der Waals surface area contributed by atoms with Crippen LogP contribution in [0.25, 0.3) is 0 Å². The topological polar surface area (TPSA) is 55.8 Å². The number of hydrogen-bond donors (Lipinski definition) is 0. The molecule has 0 N–H and O–H groups in total. The van der Waals surface area contributed by atoms with Gasteiger partial charge in [-0.15, -0.1) is 0 Å². The molecule has 18 heavy (non-hydrogen) atoms.